The number of amides is 2. The number of likely N-dealkylation sites (N-methyl/N-ethyl adjacent to an activating group) is 1. The fourth-order valence-corrected chi connectivity index (χ4v) is 7.31. The Morgan fingerprint density at radius 3 is 1.10 bits per heavy atom. The highest BCUT2D eigenvalue weighted by molar-refractivity contribution is 5.88. The molecule has 0 radical (unpaired) electrons. The van der Waals surface area contributed by atoms with Crippen LogP contribution in [0.4, 0.5) is 0 Å². The molecular formula is C45H91N3O2. The first-order valence-corrected chi connectivity index (χ1v) is 22.6. The van der Waals surface area contributed by atoms with Crippen LogP contribution >= 0.6 is 0 Å². The number of nitrogens with one attached hydrogen (secondary N) is 1. The molecule has 0 rings (SSSR count). The van der Waals surface area contributed by atoms with Crippen LogP contribution in [0.3, 0.4) is 0 Å². The van der Waals surface area contributed by atoms with Gasteiger partial charge in [-0.15, -0.1) is 0 Å². The Bertz CT molecular complexity index is 725. The highest BCUT2D eigenvalue weighted by Crippen LogP contribution is 2.18. The van der Waals surface area contributed by atoms with E-state index in [0.717, 1.165) is 32.4 Å². The van der Waals surface area contributed by atoms with E-state index in [1.807, 2.05) is 19.0 Å². The first kappa shape index (κ1) is 48.9. The van der Waals surface area contributed by atoms with Crippen LogP contribution in [0.25, 0.3) is 0 Å². The number of hydrogen-bond donors (Lipinski definition) is 1. The maximum Gasteiger partial charge on any atom is 0.243 e. The summed E-state index contributed by atoms with van der Waals surface area (Å²) in [5, 5.41) is 3.21. The van der Waals surface area contributed by atoms with Crippen molar-refractivity contribution >= 4 is 11.8 Å². The van der Waals surface area contributed by atoms with Gasteiger partial charge in [0.25, 0.3) is 0 Å². The van der Waals surface area contributed by atoms with Gasteiger partial charge in [0.2, 0.25) is 11.8 Å². The van der Waals surface area contributed by atoms with Gasteiger partial charge in [-0.2, -0.15) is 0 Å². The monoisotopic (exact) mass is 706 g/mol. The minimum atomic E-state index is -0.389. The molecule has 0 aromatic carbocycles. The van der Waals surface area contributed by atoms with Gasteiger partial charge in [-0.1, -0.05) is 214 Å². The molecule has 5 heteroatoms. The molecule has 1 unspecified atom stereocenters. The fourth-order valence-electron chi connectivity index (χ4n) is 7.31. The van der Waals surface area contributed by atoms with E-state index in [2.05, 4.69) is 37.9 Å². The van der Waals surface area contributed by atoms with E-state index in [1.54, 1.807) is 0 Å². The predicted octanol–water partition coefficient (Wildman–Crippen LogP) is 13.0. The topological polar surface area (TPSA) is 52.7 Å². The van der Waals surface area contributed by atoms with E-state index in [1.165, 1.54) is 180 Å². The van der Waals surface area contributed by atoms with E-state index >= 15 is 0 Å². The fraction of sp³-hybridized carbons (Fsp3) is 0.956. The quantitative estimate of drug-likeness (QED) is 0.0648. The van der Waals surface area contributed by atoms with Crippen molar-refractivity contribution in [2.24, 2.45) is 5.92 Å². The Balaban J connectivity index is 4.16. The second-order valence-corrected chi connectivity index (χ2v) is 16.4. The van der Waals surface area contributed by atoms with Gasteiger partial charge in [-0.25, -0.2) is 0 Å². The predicted molar refractivity (Wildman–Crippen MR) is 221 cm³/mol. The molecule has 0 saturated heterocycles. The minimum Gasteiger partial charge on any atom is -0.354 e. The van der Waals surface area contributed by atoms with E-state index in [4.69, 9.17) is 0 Å². The second-order valence-electron chi connectivity index (χ2n) is 16.4. The third kappa shape index (κ3) is 31.6. The Morgan fingerprint density at radius 1 is 0.460 bits per heavy atom. The number of carbonyl (C=O) groups excluding carboxylic acids is 2. The van der Waals surface area contributed by atoms with Crippen molar-refractivity contribution in [3.63, 3.8) is 0 Å². The van der Waals surface area contributed by atoms with Gasteiger partial charge in [-0.05, 0) is 32.9 Å². The highest BCUT2D eigenvalue weighted by Gasteiger charge is 2.31. The van der Waals surface area contributed by atoms with Gasteiger partial charge >= 0.3 is 0 Å². The van der Waals surface area contributed by atoms with Crippen LogP contribution in [0.2, 0.25) is 0 Å². The smallest absolute Gasteiger partial charge is 0.243 e. The van der Waals surface area contributed by atoms with Crippen molar-refractivity contribution in [3.8, 4) is 0 Å². The summed E-state index contributed by atoms with van der Waals surface area (Å²) >= 11 is 0. The molecule has 0 spiro atoms. The molecular weight excluding hydrogens is 615 g/mol. The summed E-state index contributed by atoms with van der Waals surface area (Å²) in [5.41, 5.74) is 0. The lowest BCUT2D eigenvalue weighted by atomic mass is 10.00. The summed E-state index contributed by atoms with van der Waals surface area (Å²) in [6.07, 6.45) is 42.0. The largest absolute Gasteiger partial charge is 0.354 e. The van der Waals surface area contributed by atoms with Crippen molar-refractivity contribution < 1.29 is 9.59 Å². The molecule has 1 atom stereocenters. The summed E-state index contributed by atoms with van der Waals surface area (Å²) in [7, 11) is 4.08. The summed E-state index contributed by atoms with van der Waals surface area (Å²) in [4.78, 5) is 30.9. The van der Waals surface area contributed by atoms with Gasteiger partial charge in [0.15, 0.2) is 0 Å². The summed E-state index contributed by atoms with van der Waals surface area (Å²) in [6.45, 7) is 10.9. The van der Waals surface area contributed by atoms with Crippen molar-refractivity contribution in [3.05, 3.63) is 0 Å². The van der Waals surface area contributed by atoms with E-state index in [-0.39, 0.29) is 23.8 Å². The van der Waals surface area contributed by atoms with Crippen molar-refractivity contribution in [1.29, 1.82) is 0 Å². The average molecular weight is 706 g/mol. The summed E-state index contributed by atoms with van der Waals surface area (Å²) < 4.78 is 0. The standard InChI is InChI=1S/C45H91N3O2/c1-7-9-11-13-15-17-19-21-23-25-27-29-31-33-35-37-39-46-45(50)44(42(3)4)48(41-40-47(5)6)43(49)38-36-34-32-30-28-26-24-22-20-18-16-14-12-10-8-2/h42,44H,7-41H2,1-6H3,(H,46,50). The lowest BCUT2D eigenvalue weighted by molar-refractivity contribution is -0.142. The van der Waals surface area contributed by atoms with Crippen LogP contribution in [0, 0.1) is 5.92 Å². The third-order valence-corrected chi connectivity index (χ3v) is 10.7. The van der Waals surface area contributed by atoms with Crippen LogP contribution in [-0.2, 0) is 9.59 Å². The summed E-state index contributed by atoms with van der Waals surface area (Å²) in [6, 6.07) is -0.389. The molecule has 0 aliphatic rings. The van der Waals surface area contributed by atoms with Crippen LogP contribution in [0.1, 0.15) is 233 Å². The maximum atomic E-state index is 13.5. The molecule has 0 aliphatic carbocycles. The van der Waals surface area contributed by atoms with Gasteiger partial charge in [-0.3, -0.25) is 9.59 Å². The molecule has 0 fully saturated rings. The third-order valence-electron chi connectivity index (χ3n) is 10.7. The van der Waals surface area contributed by atoms with Gasteiger partial charge < -0.3 is 15.1 Å². The molecule has 2 amide bonds. The van der Waals surface area contributed by atoms with Crippen LogP contribution in [0.5, 0.6) is 0 Å². The van der Waals surface area contributed by atoms with Gasteiger partial charge in [0.05, 0.1) is 0 Å². The number of unbranched alkanes of at least 4 members (excludes halogenated alkanes) is 29. The lowest BCUT2D eigenvalue weighted by Crippen LogP contribution is -2.54. The Morgan fingerprint density at radius 2 is 0.780 bits per heavy atom. The normalized spacial score (nSPS) is 12.2. The van der Waals surface area contributed by atoms with Crippen molar-refractivity contribution in [2.75, 3.05) is 33.7 Å². The zero-order valence-electron chi connectivity index (χ0n) is 35.1. The van der Waals surface area contributed by atoms with Crippen molar-refractivity contribution in [1.82, 2.24) is 15.1 Å². The molecule has 0 aliphatic heterocycles. The zero-order valence-corrected chi connectivity index (χ0v) is 35.1. The molecule has 5 nitrogen and oxygen atoms in total. The lowest BCUT2D eigenvalue weighted by Gasteiger charge is -2.34. The Kier molecular flexibility index (Phi) is 36.8. The van der Waals surface area contributed by atoms with Gasteiger partial charge in [0, 0.05) is 26.1 Å². The van der Waals surface area contributed by atoms with Crippen LogP contribution in [-0.4, -0.2) is 61.4 Å². The molecule has 0 aromatic rings. The van der Waals surface area contributed by atoms with Crippen LogP contribution in [0.15, 0.2) is 0 Å². The molecule has 50 heavy (non-hydrogen) atoms. The van der Waals surface area contributed by atoms with Crippen molar-refractivity contribution in [2.45, 2.75) is 239 Å². The zero-order chi connectivity index (χ0) is 36.9. The molecule has 0 heterocycles. The first-order chi connectivity index (χ1) is 24.3. The summed E-state index contributed by atoms with van der Waals surface area (Å²) in [5.74, 6) is 0.273. The molecule has 1 N–H and O–H groups in total. The molecule has 0 aromatic heterocycles. The van der Waals surface area contributed by atoms with E-state index in [9.17, 15) is 9.59 Å². The number of nitrogens with zero attached hydrogens (tertiary/aromatic N) is 2. The average Bonchev–Trinajstić information content (AvgIpc) is 3.09. The number of hydrogen-bond acceptors (Lipinski definition) is 3. The molecule has 0 saturated carbocycles. The number of carbonyl (C=O) groups is 2. The molecule has 0 bridgehead atoms. The Labute approximate surface area is 314 Å². The SMILES string of the molecule is CCCCCCCCCCCCCCCCCCNC(=O)C(C(C)C)N(CCN(C)C)C(=O)CCCCCCCCCCCCCCCCC. The Hall–Kier alpha value is -1.10. The second kappa shape index (κ2) is 37.7. The highest BCUT2D eigenvalue weighted by atomic mass is 16.2. The van der Waals surface area contributed by atoms with Crippen LogP contribution < -0.4 is 5.32 Å². The first-order valence-electron chi connectivity index (χ1n) is 22.6. The van der Waals surface area contributed by atoms with Gasteiger partial charge in [0.1, 0.15) is 6.04 Å². The van der Waals surface area contributed by atoms with E-state index < -0.39 is 0 Å². The molecule has 298 valence electrons. The minimum absolute atomic E-state index is 0.0320. The van der Waals surface area contributed by atoms with E-state index in [0.29, 0.717) is 13.0 Å². The number of rotatable bonds is 39. The maximum absolute atomic E-state index is 13.5.